The fourth-order valence-electron chi connectivity index (χ4n) is 2.31. The van der Waals surface area contributed by atoms with E-state index in [1.807, 2.05) is 0 Å². The summed E-state index contributed by atoms with van der Waals surface area (Å²) in [5.74, 6) is -1.91. The lowest BCUT2D eigenvalue weighted by molar-refractivity contribution is -0.143. The summed E-state index contributed by atoms with van der Waals surface area (Å²) in [6.07, 6.45) is 2.97. The Morgan fingerprint density at radius 1 is 1.32 bits per heavy atom. The number of hydrogen-bond donors (Lipinski definition) is 3. The Labute approximate surface area is 109 Å². The van der Waals surface area contributed by atoms with Gasteiger partial charge < -0.3 is 10.4 Å². The number of rotatable bonds is 3. The van der Waals surface area contributed by atoms with Gasteiger partial charge in [0.15, 0.2) is 0 Å². The number of aliphatic carboxylic acids is 1. The molecule has 1 aliphatic carbocycles. The average molecular weight is 265 g/mol. The standard InChI is InChI=1S/C12H15N3O4/c16-10-6-5-9(14-15-10)11(17)13-8-4-2-1-3-7(8)12(18)19/h5-8H,1-4H2,(H,13,17)(H,15,16)(H,18,19). The molecule has 2 rings (SSSR count). The maximum absolute atomic E-state index is 11.9. The second kappa shape index (κ2) is 5.64. The van der Waals surface area contributed by atoms with E-state index in [1.165, 1.54) is 12.1 Å². The van der Waals surface area contributed by atoms with Gasteiger partial charge in [-0.1, -0.05) is 12.8 Å². The molecule has 0 saturated heterocycles. The van der Waals surface area contributed by atoms with E-state index in [2.05, 4.69) is 15.5 Å². The van der Waals surface area contributed by atoms with Gasteiger partial charge in [-0.2, -0.15) is 5.10 Å². The van der Waals surface area contributed by atoms with E-state index in [0.29, 0.717) is 12.8 Å². The predicted octanol–water partition coefficient (Wildman–Crippen LogP) is 0.143. The minimum absolute atomic E-state index is 0.0781. The highest BCUT2D eigenvalue weighted by Gasteiger charge is 2.32. The van der Waals surface area contributed by atoms with E-state index in [-0.39, 0.29) is 11.7 Å². The first-order chi connectivity index (χ1) is 9.08. The highest BCUT2D eigenvalue weighted by molar-refractivity contribution is 5.92. The topological polar surface area (TPSA) is 112 Å². The molecule has 1 fully saturated rings. The van der Waals surface area contributed by atoms with Crippen molar-refractivity contribution in [2.24, 2.45) is 5.92 Å². The normalized spacial score (nSPS) is 22.7. The Morgan fingerprint density at radius 3 is 2.68 bits per heavy atom. The Hall–Kier alpha value is -2.18. The summed E-state index contributed by atoms with van der Waals surface area (Å²) in [6.45, 7) is 0. The molecule has 1 aromatic rings. The number of aromatic nitrogens is 2. The number of H-pyrrole nitrogens is 1. The van der Waals surface area contributed by atoms with Crippen molar-refractivity contribution in [2.75, 3.05) is 0 Å². The molecule has 3 N–H and O–H groups in total. The molecule has 0 aromatic carbocycles. The summed E-state index contributed by atoms with van der Waals surface area (Å²) in [5.41, 5.74) is -0.313. The molecule has 102 valence electrons. The van der Waals surface area contributed by atoms with E-state index in [1.54, 1.807) is 0 Å². The molecule has 1 aromatic heterocycles. The van der Waals surface area contributed by atoms with Crippen LogP contribution in [0, 0.1) is 5.92 Å². The Balaban J connectivity index is 2.06. The minimum Gasteiger partial charge on any atom is -0.481 e. The van der Waals surface area contributed by atoms with Crippen LogP contribution in [-0.4, -0.2) is 33.2 Å². The first-order valence-corrected chi connectivity index (χ1v) is 6.17. The SMILES string of the molecule is O=C(NC1CCCCC1C(=O)O)c1ccc(=O)[nH]n1. The van der Waals surface area contributed by atoms with Gasteiger partial charge in [-0.3, -0.25) is 14.4 Å². The van der Waals surface area contributed by atoms with Crippen molar-refractivity contribution in [3.63, 3.8) is 0 Å². The molecule has 1 saturated carbocycles. The largest absolute Gasteiger partial charge is 0.481 e. The van der Waals surface area contributed by atoms with Gasteiger partial charge in [0.25, 0.3) is 11.5 Å². The summed E-state index contributed by atoms with van der Waals surface area (Å²) in [7, 11) is 0. The van der Waals surface area contributed by atoms with E-state index in [9.17, 15) is 14.4 Å². The summed E-state index contributed by atoms with van der Waals surface area (Å²) < 4.78 is 0. The van der Waals surface area contributed by atoms with Crippen LogP contribution in [0.25, 0.3) is 0 Å². The predicted molar refractivity (Wildman–Crippen MR) is 65.7 cm³/mol. The maximum atomic E-state index is 11.9. The van der Waals surface area contributed by atoms with Crippen LogP contribution >= 0.6 is 0 Å². The van der Waals surface area contributed by atoms with Gasteiger partial charge in [0, 0.05) is 12.1 Å². The molecule has 19 heavy (non-hydrogen) atoms. The Morgan fingerprint density at radius 2 is 2.05 bits per heavy atom. The quantitative estimate of drug-likeness (QED) is 0.719. The number of carboxylic acid groups (broad SMARTS) is 1. The van der Waals surface area contributed by atoms with E-state index in [4.69, 9.17) is 5.11 Å². The second-order valence-electron chi connectivity index (χ2n) is 4.62. The lowest BCUT2D eigenvalue weighted by Crippen LogP contribution is -2.45. The van der Waals surface area contributed by atoms with Gasteiger partial charge in [-0.05, 0) is 18.9 Å². The first-order valence-electron chi connectivity index (χ1n) is 6.17. The number of carbonyl (C=O) groups excluding carboxylic acids is 1. The van der Waals surface area contributed by atoms with Crippen molar-refractivity contribution in [1.29, 1.82) is 0 Å². The van der Waals surface area contributed by atoms with Crippen LogP contribution in [0.5, 0.6) is 0 Å². The third-order valence-corrected chi connectivity index (χ3v) is 3.31. The lowest BCUT2D eigenvalue weighted by atomic mass is 9.84. The number of hydrogen-bond acceptors (Lipinski definition) is 4. The molecule has 1 aliphatic rings. The lowest BCUT2D eigenvalue weighted by Gasteiger charge is -2.29. The molecule has 7 heteroatoms. The second-order valence-corrected chi connectivity index (χ2v) is 4.62. The number of carboxylic acids is 1. The molecule has 1 amide bonds. The molecule has 2 atom stereocenters. The third kappa shape index (κ3) is 3.18. The fraction of sp³-hybridized carbons (Fsp3) is 0.500. The molecular formula is C12H15N3O4. The zero-order valence-corrected chi connectivity index (χ0v) is 10.3. The molecule has 7 nitrogen and oxygen atoms in total. The number of aromatic amines is 1. The van der Waals surface area contributed by atoms with E-state index in [0.717, 1.165) is 12.8 Å². The van der Waals surface area contributed by atoms with Crippen LogP contribution < -0.4 is 10.9 Å². The van der Waals surface area contributed by atoms with Crippen LogP contribution in [0.1, 0.15) is 36.2 Å². The number of carbonyl (C=O) groups is 2. The van der Waals surface area contributed by atoms with Crippen molar-refractivity contribution in [2.45, 2.75) is 31.7 Å². The third-order valence-electron chi connectivity index (χ3n) is 3.31. The van der Waals surface area contributed by atoms with Crippen molar-refractivity contribution in [3.05, 3.63) is 28.2 Å². The minimum atomic E-state index is -0.889. The van der Waals surface area contributed by atoms with Crippen molar-refractivity contribution >= 4 is 11.9 Å². The van der Waals surface area contributed by atoms with Crippen LogP contribution in [0.15, 0.2) is 16.9 Å². The van der Waals surface area contributed by atoms with Gasteiger partial charge >= 0.3 is 5.97 Å². The van der Waals surface area contributed by atoms with Gasteiger partial charge in [0.05, 0.1) is 5.92 Å². The van der Waals surface area contributed by atoms with E-state index >= 15 is 0 Å². The highest BCUT2D eigenvalue weighted by atomic mass is 16.4. The molecule has 0 bridgehead atoms. The van der Waals surface area contributed by atoms with Gasteiger partial charge in [-0.25, -0.2) is 5.10 Å². The maximum Gasteiger partial charge on any atom is 0.308 e. The first kappa shape index (κ1) is 13.3. The zero-order chi connectivity index (χ0) is 13.8. The molecule has 1 heterocycles. The van der Waals surface area contributed by atoms with Crippen LogP contribution in [0.3, 0.4) is 0 Å². The summed E-state index contributed by atoms with van der Waals surface area (Å²) >= 11 is 0. The van der Waals surface area contributed by atoms with Gasteiger partial charge in [0.2, 0.25) is 0 Å². The van der Waals surface area contributed by atoms with Crippen LogP contribution in [-0.2, 0) is 4.79 Å². The molecule has 0 spiro atoms. The van der Waals surface area contributed by atoms with Gasteiger partial charge in [0.1, 0.15) is 5.69 Å². The average Bonchev–Trinajstić information content (AvgIpc) is 2.39. The number of amides is 1. The van der Waals surface area contributed by atoms with Gasteiger partial charge in [-0.15, -0.1) is 0 Å². The molecule has 2 unspecified atom stereocenters. The zero-order valence-electron chi connectivity index (χ0n) is 10.3. The smallest absolute Gasteiger partial charge is 0.308 e. The molecular weight excluding hydrogens is 250 g/mol. The van der Waals surface area contributed by atoms with Crippen molar-refractivity contribution < 1.29 is 14.7 Å². The van der Waals surface area contributed by atoms with Crippen LogP contribution in [0.4, 0.5) is 0 Å². The highest BCUT2D eigenvalue weighted by Crippen LogP contribution is 2.24. The van der Waals surface area contributed by atoms with E-state index < -0.39 is 23.4 Å². The van der Waals surface area contributed by atoms with Crippen molar-refractivity contribution in [1.82, 2.24) is 15.5 Å². The summed E-state index contributed by atoms with van der Waals surface area (Å²) in [5, 5.41) is 17.6. The van der Waals surface area contributed by atoms with Crippen molar-refractivity contribution in [3.8, 4) is 0 Å². The summed E-state index contributed by atoms with van der Waals surface area (Å²) in [6, 6.07) is 2.14. The fourth-order valence-corrected chi connectivity index (χ4v) is 2.31. The number of nitrogens with zero attached hydrogens (tertiary/aromatic N) is 1. The molecule has 0 radical (unpaired) electrons. The number of nitrogens with one attached hydrogen (secondary N) is 2. The Kier molecular flexibility index (Phi) is 3.94. The summed E-state index contributed by atoms with van der Waals surface area (Å²) in [4.78, 5) is 33.9. The Bertz CT molecular complexity index is 520. The monoisotopic (exact) mass is 265 g/mol. The van der Waals surface area contributed by atoms with Crippen LogP contribution in [0.2, 0.25) is 0 Å². The molecule has 0 aliphatic heterocycles.